The van der Waals surface area contributed by atoms with Crippen LogP contribution in [0.3, 0.4) is 0 Å². The molecule has 1 aliphatic carbocycles. The quantitative estimate of drug-likeness (QED) is 0.912. The zero-order valence-corrected chi connectivity index (χ0v) is 10.4. The van der Waals surface area contributed by atoms with Crippen LogP contribution in [0.25, 0.3) is 0 Å². The molecule has 1 fully saturated rings. The maximum Gasteiger partial charge on any atom is 0.259 e. The molecular weight excluding hydrogens is 240 g/mol. The standard InChI is InChI=1S/C15H14N2O2/c18-15(17-11-7-9-16-10-8-11)13-3-1-2-4-14(13)19-12-5-6-12/h1-4,7-10,12H,5-6H2,(H,16,17,18). The summed E-state index contributed by atoms with van der Waals surface area (Å²) < 4.78 is 5.74. The molecule has 1 aromatic heterocycles. The number of benzene rings is 1. The summed E-state index contributed by atoms with van der Waals surface area (Å²) in [7, 11) is 0. The third-order valence-electron chi connectivity index (χ3n) is 2.89. The van der Waals surface area contributed by atoms with Gasteiger partial charge in [-0.15, -0.1) is 0 Å². The SMILES string of the molecule is O=C(Nc1ccncc1)c1ccccc1OC1CC1. The Morgan fingerprint density at radius 2 is 1.89 bits per heavy atom. The number of para-hydroxylation sites is 1. The van der Waals surface area contributed by atoms with Crippen molar-refractivity contribution in [2.24, 2.45) is 0 Å². The lowest BCUT2D eigenvalue weighted by Crippen LogP contribution is -2.14. The average Bonchev–Trinajstić information content (AvgIpc) is 3.24. The molecule has 0 radical (unpaired) electrons. The van der Waals surface area contributed by atoms with Crippen molar-refractivity contribution in [3.05, 3.63) is 54.4 Å². The summed E-state index contributed by atoms with van der Waals surface area (Å²) >= 11 is 0. The van der Waals surface area contributed by atoms with Gasteiger partial charge in [-0.25, -0.2) is 0 Å². The highest BCUT2D eigenvalue weighted by molar-refractivity contribution is 6.06. The molecule has 4 heteroatoms. The van der Waals surface area contributed by atoms with Crippen LogP contribution in [0.2, 0.25) is 0 Å². The van der Waals surface area contributed by atoms with Crippen molar-refractivity contribution in [2.45, 2.75) is 18.9 Å². The number of ether oxygens (including phenoxy) is 1. The van der Waals surface area contributed by atoms with Gasteiger partial charge in [0.1, 0.15) is 5.75 Å². The van der Waals surface area contributed by atoms with Gasteiger partial charge in [-0.1, -0.05) is 12.1 Å². The largest absolute Gasteiger partial charge is 0.490 e. The number of aromatic nitrogens is 1. The van der Waals surface area contributed by atoms with E-state index in [1.807, 2.05) is 18.2 Å². The van der Waals surface area contributed by atoms with E-state index in [-0.39, 0.29) is 12.0 Å². The first-order valence-electron chi connectivity index (χ1n) is 6.30. The minimum absolute atomic E-state index is 0.164. The van der Waals surface area contributed by atoms with Crippen molar-refractivity contribution in [1.29, 1.82) is 0 Å². The summed E-state index contributed by atoms with van der Waals surface area (Å²) in [5, 5.41) is 2.83. The number of hydrogen-bond donors (Lipinski definition) is 1. The van der Waals surface area contributed by atoms with Gasteiger partial charge in [0.15, 0.2) is 0 Å². The van der Waals surface area contributed by atoms with Gasteiger partial charge in [-0.2, -0.15) is 0 Å². The molecule has 1 aromatic carbocycles. The minimum atomic E-state index is -0.164. The van der Waals surface area contributed by atoms with Crippen LogP contribution in [0.4, 0.5) is 5.69 Å². The zero-order valence-electron chi connectivity index (χ0n) is 10.4. The predicted octanol–water partition coefficient (Wildman–Crippen LogP) is 2.88. The number of amides is 1. The molecule has 0 spiro atoms. The molecule has 0 aliphatic heterocycles. The first-order chi connectivity index (χ1) is 9.33. The molecule has 2 aromatic rings. The van der Waals surface area contributed by atoms with Gasteiger partial charge in [0.25, 0.3) is 5.91 Å². The number of nitrogens with zero attached hydrogens (tertiary/aromatic N) is 1. The van der Waals surface area contributed by atoms with Crippen molar-refractivity contribution < 1.29 is 9.53 Å². The van der Waals surface area contributed by atoms with Gasteiger partial charge in [-0.05, 0) is 37.1 Å². The van der Waals surface area contributed by atoms with Gasteiger partial charge in [0.05, 0.1) is 11.7 Å². The van der Waals surface area contributed by atoms with Gasteiger partial charge >= 0.3 is 0 Å². The maximum absolute atomic E-state index is 12.2. The summed E-state index contributed by atoms with van der Waals surface area (Å²) in [6.45, 7) is 0. The Morgan fingerprint density at radius 1 is 1.16 bits per heavy atom. The topological polar surface area (TPSA) is 51.2 Å². The van der Waals surface area contributed by atoms with Crippen LogP contribution in [0.5, 0.6) is 5.75 Å². The Balaban J connectivity index is 1.79. The summed E-state index contributed by atoms with van der Waals surface area (Å²) in [4.78, 5) is 16.1. The van der Waals surface area contributed by atoms with E-state index in [1.54, 1.807) is 30.6 Å². The lowest BCUT2D eigenvalue weighted by atomic mass is 10.2. The number of carbonyl (C=O) groups excluding carboxylic acids is 1. The third-order valence-corrected chi connectivity index (χ3v) is 2.89. The second-order valence-corrected chi connectivity index (χ2v) is 4.50. The fraction of sp³-hybridized carbons (Fsp3) is 0.200. The van der Waals surface area contributed by atoms with Gasteiger partial charge in [0, 0.05) is 18.1 Å². The van der Waals surface area contributed by atoms with E-state index >= 15 is 0 Å². The molecule has 1 aliphatic rings. The Bertz CT molecular complexity index is 580. The van der Waals surface area contributed by atoms with E-state index in [0.29, 0.717) is 11.3 Å². The van der Waals surface area contributed by atoms with Crippen LogP contribution in [0.15, 0.2) is 48.8 Å². The van der Waals surface area contributed by atoms with E-state index in [1.165, 1.54) is 0 Å². The highest BCUT2D eigenvalue weighted by atomic mass is 16.5. The Morgan fingerprint density at radius 3 is 2.63 bits per heavy atom. The van der Waals surface area contributed by atoms with Crippen molar-refractivity contribution in [1.82, 2.24) is 4.98 Å². The highest BCUT2D eigenvalue weighted by Gasteiger charge is 2.25. The number of anilines is 1. The number of hydrogen-bond acceptors (Lipinski definition) is 3. The number of pyridine rings is 1. The Hall–Kier alpha value is -2.36. The van der Waals surface area contributed by atoms with Crippen molar-refractivity contribution in [3.63, 3.8) is 0 Å². The molecule has 0 unspecified atom stereocenters. The van der Waals surface area contributed by atoms with E-state index in [4.69, 9.17) is 4.74 Å². The predicted molar refractivity (Wildman–Crippen MR) is 72.3 cm³/mol. The lowest BCUT2D eigenvalue weighted by molar-refractivity contribution is 0.102. The summed E-state index contributed by atoms with van der Waals surface area (Å²) in [5.74, 6) is 0.485. The molecule has 3 rings (SSSR count). The average molecular weight is 254 g/mol. The van der Waals surface area contributed by atoms with Crippen LogP contribution in [-0.2, 0) is 0 Å². The fourth-order valence-electron chi connectivity index (χ4n) is 1.76. The number of carbonyl (C=O) groups is 1. The van der Waals surface area contributed by atoms with Crippen molar-refractivity contribution >= 4 is 11.6 Å². The summed E-state index contributed by atoms with van der Waals surface area (Å²) in [6.07, 6.45) is 5.69. The van der Waals surface area contributed by atoms with Gasteiger partial charge in [-0.3, -0.25) is 9.78 Å². The van der Waals surface area contributed by atoms with Crippen molar-refractivity contribution in [2.75, 3.05) is 5.32 Å². The molecule has 96 valence electrons. The normalized spacial score (nSPS) is 13.9. The first-order valence-corrected chi connectivity index (χ1v) is 6.30. The van der Waals surface area contributed by atoms with Gasteiger partial charge < -0.3 is 10.1 Å². The van der Waals surface area contributed by atoms with Crippen LogP contribution in [0, 0.1) is 0 Å². The minimum Gasteiger partial charge on any atom is -0.490 e. The highest BCUT2D eigenvalue weighted by Crippen LogP contribution is 2.29. The van der Waals surface area contributed by atoms with E-state index in [9.17, 15) is 4.79 Å². The first kappa shape index (κ1) is 11.7. The van der Waals surface area contributed by atoms with E-state index in [2.05, 4.69) is 10.3 Å². The fourth-order valence-corrected chi connectivity index (χ4v) is 1.76. The second-order valence-electron chi connectivity index (χ2n) is 4.50. The van der Waals surface area contributed by atoms with Crippen molar-refractivity contribution in [3.8, 4) is 5.75 Å². The Kier molecular flexibility index (Phi) is 3.14. The molecule has 0 atom stereocenters. The zero-order chi connectivity index (χ0) is 13.1. The monoisotopic (exact) mass is 254 g/mol. The molecule has 19 heavy (non-hydrogen) atoms. The van der Waals surface area contributed by atoms with E-state index < -0.39 is 0 Å². The molecule has 1 amide bonds. The van der Waals surface area contributed by atoms with Crippen LogP contribution in [-0.4, -0.2) is 17.0 Å². The molecule has 0 bridgehead atoms. The smallest absolute Gasteiger partial charge is 0.259 e. The maximum atomic E-state index is 12.2. The molecule has 4 nitrogen and oxygen atoms in total. The molecule has 0 saturated heterocycles. The van der Waals surface area contributed by atoms with Gasteiger partial charge in [0.2, 0.25) is 0 Å². The molecule has 1 N–H and O–H groups in total. The van der Waals surface area contributed by atoms with Crippen LogP contribution >= 0.6 is 0 Å². The number of nitrogens with one attached hydrogen (secondary N) is 1. The summed E-state index contributed by atoms with van der Waals surface area (Å²) in [6, 6.07) is 10.8. The van der Waals surface area contributed by atoms with E-state index in [0.717, 1.165) is 18.5 Å². The summed E-state index contributed by atoms with van der Waals surface area (Å²) in [5.41, 5.74) is 1.28. The molecular formula is C15H14N2O2. The second kappa shape index (κ2) is 5.10. The Labute approximate surface area is 111 Å². The third kappa shape index (κ3) is 2.91. The number of rotatable bonds is 4. The van der Waals surface area contributed by atoms with Crippen LogP contribution in [0.1, 0.15) is 23.2 Å². The molecule has 1 heterocycles. The van der Waals surface area contributed by atoms with Crippen LogP contribution < -0.4 is 10.1 Å². The lowest BCUT2D eigenvalue weighted by Gasteiger charge is -2.10. The molecule has 1 saturated carbocycles.